The summed E-state index contributed by atoms with van der Waals surface area (Å²) in [6.45, 7) is 4.85. The maximum absolute atomic E-state index is 12.3. The van der Waals surface area contributed by atoms with Crippen LogP contribution in [-0.4, -0.2) is 48.4 Å². The summed E-state index contributed by atoms with van der Waals surface area (Å²) < 4.78 is 0. The first kappa shape index (κ1) is 16.3. The van der Waals surface area contributed by atoms with E-state index in [0.717, 1.165) is 18.5 Å². The monoisotopic (exact) mass is 309 g/mol. The molecule has 0 aromatic heterocycles. The zero-order chi connectivity index (χ0) is 15.4. The molecule has 4 nitrogen and oxygen atoms in total. The molecule has 0 spiro atoms. The van der Waals surface area contributed by atoms with E-state index in [4.69, 9.17) is 17.3 Å². The maximum Gasteiger partial charge on any atom is 0.236 e. The molecule has 116 valence electrons. The Hall–Kier alpha value is -1.10. The number of benzene rings is 1. The average molecular weight is 310 g/mol. The van der Waals surface area contributed by atoms with Crippen LogP contribution in [0.5, 0.6) is 0 Å². The molecule has 21 heavy (non-hydrogen) atoms. The Morgan fingerprint density at radius 2 is 2.29 bits per heavy atom. The standard InChI is InChI=1S/C16H24ClN3O/c1-12-6-14(8-18)10-20(12)11-16(21)19(2)9-13-4-3-5-15(17)7-13/h3-5,7,12,14H,6,8-11,18H2,1-2H3. The van der Waals surface area contributed by atoms with E-state index >= 15 is 0 Å². The number of hydrogen-bond acceptors (Lipinski definition) is 3. The highest BCUT2D eigenvalue weighted by Gasteiger charge is 2.29. The van der Waals surface area contributed by atoms with Crippen LogP contribution in [0, 0.1) is 5.92 Å². The Bertz CT molecular complexity index is 494. The van der Waals surface area contributed by atoms with Gasteiger partial charge in [-0.05, 0) is 43.5 Å². The number of amides is 1. The Balaban J connectivity index is 1.88. The number of likely N-dealkylation sites (tertiary alicyclic amines) is 1. The third-order valence-corrected chi connectivity index (χ3v) is 4.43. The van der Waals surface area contributed by atoms with E-state index in [1.807, 2.05) is 31.3 Å². The molecular weight excluding hydrogens is 286 g/mol. The van der Waals surface area contributed by atoms with Crippen molar-refractivity contribution in [2.75, 3.05) is 26.7 Å². The van der Waals surface area contributed by atoms with Gasteiger partial charge in [0.15, 0.2) is 0 Å². The molecule has 5 heteroatoms. The van der Waals surface area contributed by atoms with Crippen LogP contribution in [0.25, 0.3) is 0 Å². The van der Waals surface area contributed by atoms with Gasteiger partial charge in [-0.25, -0.2) is 0 Å². The summed E-state index contributed by atoms with van der Waals surface area (Å²) in [5.74, 6) is 0.658. The second-order valence-electron chi connectivity index (χ2n) is 6.00. The Morgan fingerprint density at radius 3 is 2.90 bits per heavy atom. The molecule has 2 rings (SSSR count). The molecule has 2 unspecified atom stereocenters. The first-order valence-electron chi connectivity index (χ1n) is 7.42. The fraction of sp³-hybridized carbons (Fsp3) is 0.562. The fourth-order valence-electron chi connectivity index (χ4n) is 2.90. The minimum atomic E-state index is 0.138. The molecule has 0 radical (unpaired) electrons. The number of nitrogens with zero attached hydrogens (tertiary/aromatic N) is 2. The number of halogens is 1. The van der Waals surface area contributed by atoms with Crippen molar-refractivity contribution in [2.24, 2.45) is 11.7 Å². The zero-order valence-corrected chi connectivity index (χ0v) is 13.5. The zero-order valence-electron chi connectivity index (χ0n) is 12.8. The second kappa shape index (κ2) is 7.25. The molecule has 1 aliphatic heterocycles. The highest BCUT2D eigenvalue weighted by atomic mass is 35.5. The van der Waals surface area contributed by atoms with Crippen molar-refractivity contribution < 1.29 is 4.79 Å². The first-order chi connectivity index (χ1) is 9.99. The van der Waals surface area contributed by atoms with Crippen LogP contribution in [0.2, 0.25) is 5.02 Å². The number of carbonyl (C=O) groups excluding carboxylic acids is 1. The van der Waals surface area contributed by atoms with Crippen molar-refractivity contribution in [3.63, 3.8) is 0 Å². The molecule has 1 heterocycles. The first-order valence-corrected chi connectivity index (χ1v) is 7.80. The molecule has 2 atom stereocenters. The molecule has 1 fully saturated rings. The summed E-state index contributed by atoms with van der Waals surface area (Å²) in [6, 6.07) is 8.06. The van der Waals surface area contributed by atoms with Gasteiger partial charge in [0.25, 0.3) is 0 Å². The summed E-state index contributed by atoms with van der Waals surface area (Å²) in [5, 5.41) is 0.701. The van der Waals surface area contributed by atoms with Gasteiger partial charge in [0.1, 0.15) is 0 Å². The lowest BCUT2D eigenvalue weighted by molar-refractivity contribution is -0.131. The van der Waals surface area contributed by atoms with Gasteiger partial charge in [-0.15, -0.1) is 0 Å². The minimum Gasteiger partial charge on any atom is -0.340 e. The maximum atomic E-state index is 12.3. The number of rotatable bonds is 5. The van der Waals surface area contributed by atoms with Gasteiger partial charge >= 0.3 is 0 Å². The van der Waals surface area contributed by atoms with Crippen molar-refractivity contribution >= 4 is 17.5 Å². The van der Waals surface area contributed by atoms with E-state index in [9.17, 15) is 4.79 Å². The van der Waals surface area contributed by atoms with Gasteiger partial charge in [0.2, 0.25) is 5.91 Å². The van der Waals surface area contributed by atoms with Gasteiger partial charge in [-0.3, -0.25) is 9.69 Å². The van der Waals surface area contributed by atoms with Crippen LogP contribution >= 0.6 is 11.6 Å². The highest BCUT2D eigenvalue weighted by molar-refractivity contribution is 6.30. The highest BCUT2D eigenvalue weighted by Crippen LogP contribution is 2.22. The predicted octanol–water partition coefficient (Wildman–Crippen LogP) is 1.97. The van der Waals surface area contributed by atoms with Crippen LogP contribution < -0.4 is 5.73 Å². The number of carbonyl (C=O) groups is 1. The molecular formula is C16H24ClN3O. The van der Waals surface area contributed by atoms with E-state index < -0.39 is 0 Å². The normalized spacial score (nSPS) is 22.5. The topological polar surface area (TPSA) is 49.6 Å². The number of hydrogen-bond donors (Lipinski definition) is 1. The van der Waals surface area contributed by atoms with Gasteiger partial charge in [0, 0.05) is 31.2 Å². The molecule has 1 amide bonds. The molecule has 0 bridgehead atoms. The SMILES string of the molecule is CC1CC(CN)CN1CC(=O)N(C)Cc1cccc(Cl)c1. The molecule has 1 aliphatic rings. The lowest BCUT2D eigenvalue weighted by Crippen LogP contribution is -2.39. The Morgan fingerprint density at radius 1 is 1.52 bits per heavy atom. The quantitative estimate of drug-likeness (QED) is 0.904. The van der Waals surface area contributed by atoms with E-state index in [1.54, 1.807) is 4.90 Å². The van der Waals surface area contributed by atoms with Gasteiger partial charge < -0.3 is 10.6 Å². The summed E-state index contributed by atoms with van der Waals surface area (Å²) >= 11 is 5.97. The summed E-state index contributed by atoms with van der Waals surface area (Å²) in [7, 11) is 1.84. The molecule has 1 saturated heterocycles. The predicted molar refractivity (Wildman–Crippen MR) is 86.1 cm³/mol. The second-order valence-corrected chi connectivity index (χ2v) is 6.43. The molecule has 0 saturated carbocycles. The molecule has 2 N–H and O–H groups in total. The summed E-state index contributed by atoms with van der Waals surface area (Å²) in [5.41, 5.74) is 6.78. The molecule has 1 aromatic carbocycles. The van der Waals surface area contributed by atoms with E-state index in [1.165, 1.54) is 0 Å². The van der Waals surface area contributed by atoms with Crippen molar-refractivity contribution in [3.05, 3.63) is 34.9 Å². The van der Waals surface area contributed by atoms with E-state index in [-0.39, 0.29) is 5.91 Å². The Kier molecular flexibility index (Phi) is 5.62. The van der Waals surface area contributed by atoms with Crippen LogP contribution in [0.15, 0.2) is 24.3 Å². The van der Waals surface area contributed by atoms with Crippen LogP contribution in [0.3, 0.4) is 0 Å². The van der Waals surface area contributed by atoms with E-state index in [0.29, 0.717) is 36.6 Å². The third-order valence-electron chi connectivity index (χ3n) is 4.20. The minimum absolute atomic E-state index is 0.138. The van der Waals surface area contributed by atoms with Crippen molar-refractivity contribution in [1.82, 2.24) is 9.80 Å². The lowest BCUT2D eigenvalue weighted by Gasteiger charge is -2.24. The van der Waals surface area contributed by atoms with Crippen LogP contribution in [0.4, 0.5) is 0 Å². The lowest BCUT2D eigenvalue weighted by atomic mass is 10.1. The van der Waals surface area contributed by atoms with Crippen molar-refractivity contribution in [1.29, 1.82) is 0 Å². The third kappa shape index (κ3) is 4.43. The largest absolute Gasteiger partial charge is 0.340 e. The number of likely N-dealkylation sites (N-methyl/N-ethyl adjacent to an activating group) is 1. The Labute approximate surface area is 131 Å². The van der Waals surface area contributed by atoms with Crippen molar-refractivity contribution in [2.45, 2.75) is 25.9 Å². The van der Waals surface area contributed by atoms with Gasteiger partial charge in [0.05, 0.1) is 6.54 Å². The van der Waals surface area contributed by atoms with Gasteiger partial charge in [-0.1, -0.05) is 23.7 Å². The summed E-state index contributed by atoms with van der Waals surface area (Å²) in [6.07, 6.45) is 1.09. The smallest absolute Gasteiger partial charge is 0.236 e. The van der Waals surface area contributed by atoms with E-state index in [2.05, 4.69) is 11.8 Å². The van der Waals surface area contributed by atoms with Crippen molar-refractivity contribution in [3.8, 4) is 0 Å². The summed E-state index contributed by atoms with van der Waals surface area (Å²) in [4.78, 5) is 16.3. The fourth-order valence-corrected chi connectivity index (χ4v) is 3.11. The number of nitrogens with two attached hydrogens (primary N) is 1. The average Bonchev–Trinajstić information content (AvgIpc) is 2.79. The van der Waals surface area contributed by atoms with Crippen LogP contribution in [0.1, 0.15) is 18.9 Å². The van der Waals surface area contributed by atoms with Crippen LogP contribution in [-0.2, 0) is 11.3 Å². The molecule has 1 aromatic rings. The molecule has 0 aliphatic carbocycles. The van der Waals surface area contributed by atoms with Gasteiger partial charge in [-0.2, -0.15) is 0 Å².